The Morgan fingerprint density at radius 3 is 1.56 bits per heavy atom. The number of fused-ring (bicyclic) bond motifs is 13. The molecule has 9 aromatic carbocycles. The maximum absolute atomic E-state index is 2.52. The van der Waals surface area contributed by atoms with Crippen LogP contribution in [-0.2, 0) is 5.41 Å². The standard InChI is InChI=1S/C51H33N/c1-2-15-34(16-3-1)35-29-31-37(32-30-35)52(49-33-36-17-4-5-18-38(36)39-19-6-7-22-42(39)49)48-28-14-27-47-50(48)43-23-10-13-26-46(43)51(47)44-24-11-8-20-40(44)41-21-9-12-25-45(41)51/h1-33H. The van der Waals surface area contributed by atoms with Gasteiger partial charge in [0.15, 0.2) is 0 Å². The van der Waals surface area contributed by atoms with Crippen LogP contribution < -0.4 is 4.90 Å². The summed E-state index contributed by atoms with van der Waals surface area (Å²) < 4.78 is 0. The molecule has 0 saturated heterocycles. The molecule has 1 heteroatoms. The first-order valence-corrected chi connectivity index (χ1v) is 18.1. The number of rotatable bonds is 4. The van der Waals surface area contributed by atoms with Crippen LogP contribution in [0.4, 0.5) is 17.1 Å². The van der Waals surface area contributed by atoms with Crippen molar-refractivity contribution in [1.29, 1.82) is 0 Å². The summed E-state index contributed by atoms with van der Waals surface area (Å²) in [7, 11) is 0. The molecule has 0 aliphatic heterocycles. The number of hydrogen-bond donors (Lipinski definition) is 0. The molecule has 2 aliphatic carbocycles. The molecule has 52 heavy (non-hydrogen) atoms. The number of anilines is 3. The Hall–Kier alpha value is -6.70. The molecule has 0 unspecified atom stereocenters. The van der Waals surface area contributed by atoms with Gasteiger partial charge in [-0.2, -0.15) is 0 Å². The van der Waals surface area contributed by atoms with Crippen LogP contribution in [0.5, 0.6) is 0 Å². The van der Waals surface area contributed by atoms with E-state index in [1.54, 1.807) is 0 Å². The highest BCUT2D eigenvalue weighted by Gasteiger charge is 2.52. The Bertz CT molecular complexity index is 2800. The molecule has 242 valence electrons. The zero-order valence-electron chi connectivity index (χ0n) is 28.5. The lowest BCUT2D eigenvalue weighted by molar-refractivity contribution is 0.794. The van der Waals surface area contributed by atoms with Gasteiger partial charge in [-0.1, -0.05) is 176 Å². The fourth-order valence-electron chi connectivity index (χ4n) is 9.37. The highest BCUT2D eigenvalue weighted by molar-refractivity contribution is 6.15. The van der Waals surface area contributed by atoms with Crippen LogP contribution >= 0.6 is 0 Å². The molecular formula is C51H33N. The Morgan fingerprint density at radius 2 is 0.846 bits per heavy atom. The van der Waals surface area contributed by atoms with Crippen LogP contribution in [0.1, 0.15) is 22.3 Å². The van der Waals surface area contributed by atoms with E-state index >= 15 is 0 Å². The number of hydrogen-bond acceptors (Lipinski definition) is 1. The van der Waals surface area contributed by atoms with E-state index in [0.717, 1.165) is 5.69 Å². The monoisotopic (exact) mass is 659 g/mol. The lowest BCUT2D eigenvalue weighted by Gasteiger charge is -2.32. The summed E-state index contributed by atoms with van der Waals surface area (Å²) in [5.41, 5.74) is 16.1. The maximum atomic E-state index is 2.52. The summed E-state index contributed by atoms with van der Waals surface area (Å²) in [6, 6.07) is 74.0. The molecule has 0 bridgehead atoms. The lowest BCUT2D eigenvalue weighted by atomic mass is 9.70. The van der Waals surface area contributed by atoms with E-state index in [9.17, 15) is 0 Å². The predicted octanol–water partition coefficient (Wildman–Crippen LogP) is 13.5. The molecule has 2 aliphatic rings. The van der Waals surface area contributed by atoms with Crippen molar-refractivity contribution in [3.8, 4) is 33.4 Å². The summed E-state index contributed by atoms with van der Waals surface area (Å²) in [6.07, 6.45) is 0. The van der Waals surface area contributed by atoms with Crippen molar-refractivity contribution < 1.29 is 0 Å². The first-order valence-electron chi connectivity index (χ1n) is 18.1. The van der Waals surface area contributed by atoms with Crippen molar-refractivity contribution in [2.45, 2.75) is 5.41 Å². The molecule has 0 N–H and O–H groups in total. The Morgan fingerprint density at radius 1 is 0.327 bits per heavy atom. The van der Waals surface area contributed by atoms with Gasteiger partial charge in [0, 0.05) is 16.6 Å². The highest BCUT2D eigenvalue weighted by Crippen LogP contribution is 2.64. The fraction of sp³-hybridized carbons (Fsp3) is 0.0196. The molecule has 11 rings (SSSR count). The van der Waals surface area contributed by atoms with Crippen LogP contribution in [0, 0.1) is 0 Å². The maximum Gasteiger partial charge on any atom is 0.0726 e. The zero-order valence-corrected chi connectivity index (χ0v) is 28.5. The molecule has 1 spiro atoms. The molecule has 0 amide bonds. The van der Waals surface area contributed by atoms with Crippen molar-refractivity contribution >= 4 is 38.6 Å². The summed E-state index contributed by atoms with van der Waals surface area (Å²) in [6.45, 7) is 0. The molecule has 0 heterocycles. The topological polar surface area (TPSA) is 3.24 Å². The van der Waals surface area contributed by atoms with Gasteiger partial charge in [0.2, 0.25) is 0 Å². The molecule has 0 aromatic heterocycles. The average molecular weight is 660 g/mol. The molecule has 9 aromatic rings. The van der Waals surface area contributed by atoms with E-state index in [-0.39, 0.29) is 0 Å². The molecule has 1 nitrogen and oxygen atoms in total. The van der Waals surface area contributed by atoms with Gasteiger partial charge < -0.3 is 4.90 Å². The first kappa shape index (κ1) is 29.1. The van der Waals surface area contributed by atoms with Crippen molar-refractivity contribution in [3.63, 3.8) is 0 Å². The largest absolute Gasteiger partial charge is 0.309 e. The van der Waals surface area contributed by atoms with Gasteiger partial charge in [-0.15, -0.1) is 0 Å². The van der Waals surface area contributed by atoms with Gasteiger partial charge in [-0.3, -0.25) is 0 Å². The Labute approximate surface area is 303 Å². The van der Waals surface area contributed by atoms with Crippen molar-refractivity contribution in [2.24, 2.45) is 0 Å². The van der Waals surface area contributed by atoms with E-state index in [2.05, 4.69) is 205 Å². The third kappa shape index (κ3) is 3.94. The Kier molecular flexibility index (Phi) is 6.23. The van der Waals surface area contributed by atoms with Crippen LogP contribution in [0.15, 0.2) is 200 Å². The second kappa shape index (κ2) is 11.2. The summed E-state index contributed by atoms with van der Waals surface area (Å²) in [5, 5.41) is 4.97. The normalized spacial score (nSPS) is 13.2. The van der Waals surface area contributed by atoms with Crippen molar-refractivity contribution in [3.05, 3.63) is 222 Å². The second-order valence-electron chi connectivity index (χ2n) is 14.0. The molecule has 0 radical (unpaired) electrons. The third-order valence-corrected chi connectivity index (χ3v) is 11.5. The SMILES string of the molecule is c1ccc(-c2ccc(N(c3cccc4c3-c3ccccc3C43c4ccccc4-c4ccccc43)c3cc4ccccc4c4ccccc34)cc2)cc1. The van der Waals surface area contributed by atoms with E-state index in [0.29, 0.717) is 0 Å². The van der Waals surface area contributed by atoms with Gasteiger partial charge in [-0.25, -0.2) is 0 Å². The van der Waals surface area contributed by atoms with E-state index in [1.807, 2.05) is 0 Å². The molecular weight excluding hydrogens is 627 g/mol. The average Bonchev–Trinajstić information content (AvgIpc) is 3.70. The minimum absolute atomic E-state index is 0.413. The minimum atomic E-state index is -0.413. The highest BCUT2D eigenvalue weighted by atomic mass is 15.1. The molecule has 0 saturated carbocycles. The van der Waals surface area contributed by atoms with Gasteiger partial charge in [0.1, 0.15) is 0 Å². The first-order chi connectivity index (χ1) is 25.8. The van der Waals surface area contributed by atoms with E-state index in [1.165, 1.54) is 88.6 Å². The predicted molar refractivity (Wildman–Crippen MR) is 218 cm³/mol. The number of nitrogens with zero attached hydrogens (tertiary/aromatic N) is 1. The van der Waals surface area contributed by atoms with Gasteiger partial charge in [0.25, 0.3) is 0 Å². The number of benzene rings is 9. The summed E-state index contributed by atoms with van der Waals surface area (Å²) in [4.78, 5) is 2.52. The Balaban J connectivity index is 1.24. The zero-order chi connectivity index (χ0) is 34.2. The lowest BCUT2D eigenvalue weighted by Crippen LogP contribution is -2.26. The van der Waals surface area contributed by atoms with Crippen LogP contribution in [-0.4, -0.2) is 0 Å². The third-order valence-electron chi connectivity index (χ3n) is 11.5. The van der Waals surface area contributed by atoms with Gasteiger partial charge in [0.05, 0.1) is 16.8 Å². The summed E-state index contributed by atoms with van der Waals surface area (Å²) >= 11 is 0. The van der Waals surface area contributed by atoms with Crippen molar-refractivity contribution in [2.75, 3.05) is 4.90 Å². The van der Waals surface area contributed by atoms with Crippen LogP contribution in [0.25, 0.3) is 54.9 Å². The quantitative estimate of drug-likeness (QED) is 0.170. The van der Waals surface area contributed by atoms with Gasteiger partial charge >= 0.3 is 0 Å². The molecule has 0 fully saturated rings. The van der Waals surface area contributed by atoms with Crippen molar-refractivity contribution in [1.82, 2.24) is 0 Å². The van der Waals surface area contributed by atoms with E-state index in [4.69, 9.17) is 0 Å². The second-order valence-corrected chi connectivity index (χ2v) is 14.0. The smallest absolute Gasteiger partial charge is 0.0726 e. The van der Waals surface area contributed by atoms with Gasteiger partial charge in [-0.05, 0) is 90.5 Å². The van der Waals surface area contributed by atoms with E-state index < -0.39 is 5.41 Å². The fourth-order valence-corrected chi connectivity index (χ4v) is 9.37. The van der Waals surface area contributed by atoms with Crippen LogP contribution in [0.2, 0.25) is 0 Å². The molecule has 0 atom stereocenters. The summed E-state index contributed by atoms with van der Waals surface area (Å²) in [5.74, 6) is 0. The van der Waals surface area contributed by atoms with Crippen LogP contribution in [0.3, 0.4) is 0 Å². The minimum Gasteiger partial charge on any atom is -0.309 e.